The van der Waals surface area contributed by atoms with E-state index in [0.717, 1.165) is 10.4 Å². The average Bonchev–Trinajstić information content (AvgIpc) is 3.04. The Morgan fingerprint density at radius 2 is 2.45 bits per heavy atom. The van der Waals surface area contributed by atoms with Crippen LogP contribution in [0, 0.1) is 11.3 Å². The first-order valence-electron chi connectivity index (χ1n) is 6.22. The standard InChI is InChI=1S/C13H13N5OS/c14-5-10-9-1-3-18(6-11(9)20-13(10)15)12(19)7-17-4-2-16-8-17/h2,4,8H,1,3,6-7,15H2. The normalized spacial score (nSPS) is 13.8. The van der Waals surface area contributed by atoms with E-state index < -0.39 is 0 Å². The lowest BCUT2D eigenvalue weighted by Crippen LogP contribution is -2.37. The number of nitriles is 1. The molecule has 7 heteroatoms. The van der Waals surface area contributed by atoms with Crippen molar-refractivity contribution in [2.45, 2.75) is 19.5 Å². The maximum Gasteiger partial charge on any atom is 0.242 e. The van der Waals surface area contributed by atoms with Gasteiger partial charge in [0.2, 0.25) is 5.91 Å². The van der Waals surface area contributed by atoms with Crippen molar-refractivity contribution in [3.63, 3.8) is 0 Å². The molecule has 0 saturated heterocycles. The molecule has 2 aromatic heterocycles. The lowest BCUT2D eigenvalue weighted by Gasteiger charge is -2.27. The largest absolute Gasteiger partial charge is 0.389 e. The van der Waals surface area contributed by atoms with Gasteiger partial charge in [-0.15, -0.1) is 11.3 Å². The molecule has 0 fully saturated rings. The number of carbonyl (C=O) groups excluding carboxylic acids is 1. The number of fused-ring (bicyclic) bond motifs is 1. The van der Waals surface area contributed by atoms with Crippen molar-refractivity contribution in [3.05, 3.63) is 34.7 Å². The Hall–Kier alpha value is -2.33. The van der Waals surface area contributed by atoms with Gasteiger partial charge < -0.3 is 15.2 Å². The van der Waals surface area contributed by atoms with Crippen molar-refractivity contribution in [2.24, 2.45) is 0 Å². The van der Waals surface area contributed by atoms with Gasteiger partial charge in [0.05, 0.1) is 18.4 Å². The van der Waals surface area contributed by atoms with Crippen LogP contribution in [0.25, 0.3) is 0 Å². The Morgan fingerprint density at radius 3 is 3.15 bits per heavy atom. The number of imidazole rings is 1. The molecule has 1 aliphatic heterocycles. The zero-order valence-electron chi connectivity index (χ0n) is 10.7. The highest BCUT2D eigenvalue weighted by molar-refractivity contribution is 7.16. The molecule has 20 heavy (non-hydrogen) atoms. The molecule has 0 spiro atoms. The highest BCUT2D eigenvalue weighted by Crippen LogP contribution is 2.34. The van der Waals surface area contributed by atoms with Gasteiger partial charge >= 0.3 is 0 Å². The smallest absolute Gasteiger partial charge is 0.242 e. The predicted octanol–water partition coefficient (Wildman–Crippen LogP) is 0.983. The summed E-state index contributed by atoms with van der Waals surface area (Å²) in [5, 5.41) is 9.65. The van der Waals surface area contributed by atoms with E-state index in [2.05, 4.69) is 11.1 Å². The number of rotatable bonds is 2. The summed E-state index contributed by atoms with van der Waals surface area (Å²) in [5.41, 5.74) is 7.45. The van der Waals surface area contributed by atoms with Crippen molar-refractivity contribution in [3.8, 4) is 6.07 Å². The summed E-state index contributed by atoms with van der Waals surface area (Å²) >= 11 is 1.41. The topological polar surface area (TPSA) is 87.9 Å². The lowest BCUT2D eigenvalue weighted by molar-refractivity contribution is -0.132. The molecule has 0 radical (unpaired) electrons. The number of nitrogen functional groups attached to an aromatic ring is 1. The summed E-state index contributed by atoms with van der Waals surface area (Å²) in [6, 6.07) is 2.15. The third kappa shape index (κ3) is 2.14. The maximum absolute atomic E-state index is 12.2. The van der Waals surface area contributed by atoms with Crippen molar-refractivity contribution in [1.29, 1.82) is 5.26 Å². The van der Waals surface area contributed by atoms with Gasteiger partial charge in [-0.05, 0) is 12.0 Å². The third-order valence-corrected chi connectivity index (χ3v) is 4.47. The second-order valence-electron chi connectivity index (χ2n) is 4.66. The number of anilines is 1. The molecule has 0 unspecified atom stereocenters. The number of hydrogen-bond acceptors (Lipinski definition) is 5. The van der Waals surface area contributed by atoms with E-state index in [1.807, 2.05) is 0 Å². The lowest BCUT2D eigenvalue weighted by atomic mass is 10.0. The van der Waals surface area contributed by atoms with E-state index in [9.17, 15) is 4.79 Å². The van der Waals surface area contributed by atoms with E-state index in [1.165, 1.54) is 11.3 Å². The monoisotopic (exact) mass is 287 g/mol. The molecular weight excluding hydrogens is 274 g/mol. The first-order chi connectivity index (χ1) is 9.69. The minimum absolute atomic E-state index is 0.0547. The molecular formula is C13H13N5OS. The minimum Gasteiger partial charge on any atom is -0.389 e. The highest BCUT2D eigenvalue weighted by Gasteiger charge is 2.26. The summed E-state index contributed by atoms with van der Waals surface area (Å²) in [7, 11) is 0. The van der Waals surface area contributed by atoms with Crippen LogP contribution in [0.5, 0.6) is 0 Å². The molecule has 0 atom stereocenters. The Morgan fingerprint density at radius 1 is 1.60 bits per heavy atom. The average molecular weight is 287 g/mol. The molecule has 2 aromatic rings. The van der Waals surface area contributed by atoms with E-state index >= 15 is 0 Å². The second kappa shape index (κ2) is 4.98. The van der Waals surface area contributed by atoms with Crippen LogP contribution in [0.4, 0.5) is 5.00 Å². The van der Waals surface area contributed by atoms with Gasteiger partial charge in [-0.3, -0.25) is 4.79 Å². The van der Waals surface area contributed by atoms with Gasteiger partial charge in [0.1, 0.15) is 17.6 Å². The summed E-state index contributed by atoms with van der Waals surface area (Å²) < 4.78 is 1.75. The van der Waals surface area contributed by atoms with Crippen molar-refractivity contribution in [2.75, 3.05) is 12.3 Å². The Balaban J connectivity index is 1.76. The number of nitrogens with zero attached hydrogens (tertiary/aromatic N) is 4. The molecule has 3 heterocycles. The number of carbonyl (C=O) groups is 1. The van der Waals surface area contributed by atoms with E-state index in [4.69, 9.17) is 11.0 Å². The summed E-state index contributed by atoms with van der Waals surface area (Å²) in [6.07, 6.45) is 5.75. The first kappa shape index (κ1) is 12.7. The van der Waals surface area contributed by atoms with Gasteiger partial charge in [-0.2, -0.15) is 5.26 Å². The van der Waals surface area contributed by atoms with E-state index in [0.29, 0.717) is 36.6 Å². The molecule has 3 rings (SSSR count). The van der Waals surface area contributed by atoms with E-state index in [-0.39, 0.29) is 5.91 Å². The number of nitrogens with two attached hydrogens (primary N) is 1. The molecule has 6 nitrogen and oxygen atoms in total. The molecule has 1 amide bonds. The third-order valence-electron chi connectivity index (χ3n) is 3.43. The fraction of sp³-hybridized carbons (Fsp3) is 0.308. The molecule has 2 N–H and O–H groups in total. The molecule has 0 aromatic carbocycles. The van der Waals surface area contributed by atoms with Crippen LogP contribution in [0.15, 0.2) is 18.7 Å². The summed E-state index contributed by atoms with van der Waals surface area (Å²) in [4.78, 5) is 19.0. The van der Waals surface area contributed by atoms with Gasteiger partial charge in [0.15, 0.2) is 0 Å². The number of thiophene rings is 1. The molecule has 0 bridgehead atoms. The number of amides is 1. The molecule has 1 aliphatic rings. The fourth-order valence-corrected chi connectivity index (χ4v) is 3.48. The Bertz CT molecular complexity index is 682. The van der Waals surface area contributed by atoms with Crippen LogP contribution >= 0.6 is 11.3 Å². The quantitative estimate of drug-likeness (QED) is 0.892. The first-order valence-corrected chi connectivity index (χ1v) is 7.04. The molecule has 0 saturated carbocycles. The zero-order chi connectivity index (χ0) is 14.1. The van der Waals surface area contributed by atoms with Crippen LogP contribution in [0.3, 0.4) is 0 Å². The van der Waals surface area contributed by atoms with Gasteiger partial charge in [-0.1, -0.05) is 0 Å². The molecule has 0 aliphatic carbocycles. The van der Waals surface area contributed by atoms with Crippen LogP contribution in [0.1, 0.15) is 16.0 Å². The molecule has 102 valence electrons. The van der Waals surface area contributed by atoms with Crippen LogP contribution in [-0.2, 0) is 24.3 Å². The van der Waals surface area contributed by atoms with Crippen LogP contribution < -0.4 is 5.73 Å². The minimum atomic E-state index is 0.0547. The van der Waals surface area contributed by atoms with Crippen LogP contribution in [0.2, 0.25) is 0 Å². The SMILES string of the molecule is N#Cc1c(N)sc2c1CCN(C(=O)Cn1ccnc1)C2. The van der Waals surface area contributed by atoms with Crippen molar-refractivity contribution in [1.82, 2.24) is 14.5 Å². The fourth-order valence-electron chi connectivity index (χ4n) is 2.40. The van der Waals surface area contributed by atoms with Gasteiger partial charge in [0, 0.05) is 23.8 Å². The predicted molar refractivity (Wildman–Crippen MR) is 74.8 cm³/mol. The van der Waals surface area contributed by atoms with Gasteiger partial charge in [-0.25, -0.2) is 4.98 Å². The summed E-state index contributed by atoms with van der Waals surface area (Å²) in [6.45, 7) is 1.46. The Labute approximate surface area is 120 Å². The van der Waals surface area contributed by atoms with Gasteiger partial charge in [0.25, 0.3) is 0 Å². The number of aromatic nitrogens is 2. The van der Waals surface area contributed by atoms with Crippen molar-refractivity contribution >= 4 is 22.2 Å². The van der Waals surface area contributed by atoms with Crippen molar-refractivity contribution < 1.29 is 4.79 Å². The van der Waals surface area contributed by atoms with E-state index in [1.54, 1.807) is 28.2 Å². The zero-order valence-corrected chi connectivity index (χ0v) is 11.6. The maximum atomic E-state index is 12.2. The number of hydrogen-bond donors (Lipinski definition) is 1. The summed E-state index contributed by atoms with van der Waals surface area (Å²) in [5.74, 6) is 0.0547. The van der Waals surface area contributed by atoms with Crippen LogP contribution in [-0.4, -0.2) is 26.9 Å². The highest BCUT2D eigenvalue weighted by atomic mass is 32.1. The Kier molecular flexibility index (Phi) is 3.16. The second-order valence-corrected chi connectivity index (χ2v) is 5.79.